The topological polar surface area (TPSA) is 48.1 Å². The first-order valence-electron chi connectivity index (χ1n) is 5.40. The SMILES string of the molecule is Cc1nc2c(cc(OCCN)c3ccsc32)s1.Cl.Cl. The Kier molecular flexibility index (Phi) is 5.82. The van der Waals surface area contributed by atoms with Gasteiger partial charge in [0.25, 0.3) is 0 Å². The molecule has 0 aliphatic rings. The third kappa shape index (κ3) is 2.95. The minimum Gasteiger partial charge on any atom is -0.492 e. The molecular formula is C12H14Cl2N2OS2. The molecule has 0 spiro atoms. The Balaban J connectivity index is 0.000000902. The monoisotopic (exact) mass is 336 g/mol. The molecule has 0 amide bonds. The lowest BCUT2D eigenvalue weighted by Crippen LogP contribution is -2.10. The van der Waals surface area contributed by atoms with Crippen LogP contribution in [-0.4, -0.2) is 18.1 Å². The van der Waals surface area contributed by atoms with Crippen molar-refractivity contribution in [1.82, 2.24) is 4.98 Å². The molecule has 3 rings (SSSR count). The number of fused-ring (bicyclic) bond motifs is 3. The number of benzene rings is 1. The van der Waals surface area contributed by atoms with Crippen LogP contribution < -0.4 is 10.5 Å². The summed E-state index contributed by atoms with van der Waals surface area (Å²) in [6, 6.07) is 4.16. The van der Waals surface area contributed by atoms with E-state index in [0.717, 1.165) is 21.7 Å². The molecule has 0 aliphatic heterocycles. The molecule has 0 aliphatic carbocycles. The molecule has 0 fully saturated rings. The Labute approximate surface area is 131 Å². The van der Waals surface area contributed by atoms with Gasteiger partial charge in [-0.1, -0.05) is 0 Å². The van der Waals surface area contributed by atoms with Gasteiger partial charge in [-0.3, -0.25) is 0 Å². The zero-order valence-corrected chi connectivity index (χ0v) is 13.5. The second-order valence-corrected chi connectivity index (χ2v) is 5.91. The van der Waals surface area contributed by atoms with Gasteiger partial charge in [-0.05, 0) is 18.4 Å². The van der Waals surface area contributed by atoms with Gasteiger partial charge in [0.2, 0.25) is 0 Å². The fourth-order valence-corrected chi connectivity index (χ4v) is 3.71. The second-order valence-electron chi connectivity index (χ2n) is 3.75. The number of thiazole rings is 1. The molecule has 2 N–H and O–H groups in total. The van der Waals surface area contributed by atoms with Crippen molar-refractivity contribution in [3.63, 3.8) is 0 Å². The largest absolute Gasteiger partial charge is 0.492 e. The van der Waals surface area contributed by atoms with E-state index in [0.29, 0.717) is 13.2 Å². The van der Waals surface area contributed by atoms with Crippen LogP contribution in [0.5, 0.6) is 5.75 Å². The second kappa shape index (κ2) is 6.72. The van der Waals surface area contributed by atoms with E-state index in [9.17, 15) is 0 Å². The van der Waals surface area contributed by atoms with E-state index in [4.69, 9.17) is 10.5 Å². The molecule has 7 heteroatoms. The minimum atomic E-state index is 0. The van der Waals surface area contributed by atoms with E-state index in [1.165, 1.54) is 9.40 Å². The highest BCUT2D eigenvalue weighted by molar-refractivity contribution is 7.21. The molecule has 2 heterocycles. The van der Waals surface area contributed by atoms with Gasteiger partial charge in [-0.15, -0.1) is 47.5 Å². The van der Waals surface area contributed by atoms with Crippen LogP contribution in [0.1, 0.15) is 5.01 Å². The molecule has 0 saturated carbocycles. The van der Waals surface area contributed by atoms with Crippen molar-refractivity contribution >= 4 is 67.8 Å². The van der Waals surface area contributed by atoms with Crippen molar-refractivity contribution in [2.45, 2.75) is 6.92 Å². The number of thiophene rings is 1. The molecule has 0 saturated heterocycles. The van der Waals surface area contributed by atoms with E-state index in [-0.39, 0.29) is 24.8 Å². The number of rotatable bonds is 3. The van der Waals surface area contributed by atoms with Gasteiger partial charge < -0.3 is 10.5 Å². The van der Waals surface area contributed by atoms with Gasteiger partial charge in [-0.2, -0.15) is 0 Å². The Morgan fingerprint density at radius 2 is 2.16 bits per heavy atom. The van der Waals surface area contributed by atoms with Crippen molar-refractivity contribution in [3.8, 4) is 5.75 Å². The fraction of sp³-hybridized carbons (Fsp3) is 0.250. The number of nitrogens with zero attached hydrogens (tertiary/aromatic N) is 1. The summed E-state index contributed by atoms with van der Waals surface area (Å²) in [5.74, 6) is 0.919. The molecule has 0 bridgehead atoms. The van der Waals surface area contributed by atoms with Gasteiger partial charge in [0, 0.05) is 18.0 Å². The Bertz CT molecular complexity index is 681. The summed E-state index contributed by atoms with van der Waals surface area (Å²) in [7, 11) is 0. The molecule has 0 atom stereocenters. The molecule has 104 valence electrons. The van der Waals surface area contributed by atoms with Crippen LogP contribution in [0.4, 0.5) is 0 Å². The lowest BCUT2D eigenvalue weighted by atomic mass is 10.2. The molecule has 19 heavy (non-hydrogen) atoms. The number of hydrogen-bond donors (Lipinski definition) is 1. The maximum absolute atomic E-state index is 5.70. The standard InChI is InChI=1S/C12H12N2OS2.2ClH/c1-7-14-11-10(17-7)6-9(15-4-3-13)8-2-5-16-12(8)11;;/h2,5-6H,3-4,13H2,1H3;2*1H. The normalized spacial score (nSPS) is 10.2. The smallest absolute Gasteiger partial charge is 0.129 e. The van der Waals surface area contributed by atoms with Crippen LogP contribution in [0.25, 0.3) is 20.3 Å². The van der Waals surface area contributed by atoms with Gasteiger partial charge >= 0.3 is 0 Å². The lowest BCUT2D eigenvalue weighted by Gasteiger charge is -2.06. The number of halogens is 2. The maximum atomic E-state index is 5.70. The first-order valence-corrected chi connectivity index (χ1v) is 7.09. The third-order valence-electron chi connectivity index (χ3n) is 2.54. The molecule has 3 aromatic rings. The van der Waals surface area contributed by atoms with E-state index in [1.807, 2.05) is 6.92 Å². The molecule has 3 nitrogen and oxygen atoms in total. The van der Waals surface area contributed by atoms with Gasteiger partial charge in [0.05, 0.1) is 19.9 Å². The van der Waals surface area contributed by atoms with Crippen LogP contribution in [0.2, 0.25) is 0 Å². The van der Waals surface area contributed by atoms with Crippen molar-refractivity contribution < 1.29 is 4.74 Å². The summed E-state index contributed by atoms with van der Waals surface area (Å²) in [6.45, 7) is 3.12. The summed E-state index contributed by atoms with van der Waals surface area (Å²) >= 11 is 3.41. The van der Waals surface area contributed by atoms with E-state index in [2.05, 4.69) is 22.5 Å². The zero-order chi connectivity index (χ0) is 11.8. The zero-order valence-electron chi connectivity index (χ0n) is 10.2. The first kappa shape index (κ1) is 16.5. The highest BCUT2D eigenvalue weighted by Crippen LogP contribution is 2.38. The van der Waals surface area contributed by atoms with Crippen LogP contribution in [0.3, 0.4) is 0 Å². The minimum absolute atomic E-state index is 0. The number of hydrogen-bond acceptors (Lipinski definition) is 5. The van der Waals surface area contributed by atoms with Crippen LogP contribution in [-0.2, 0) is 0 Å². The number of nitrogens with two attached hydrogens (primary N) is 1. The lowest BCUT2D eigenvalue weighted by molar-refractivity contribution is 0.332. The summed E-state index contributed by atoms with van der Waals surface area (Å²) in [5.41, 5.74) is 6.58. The quantitative estimate of drug-likeness (QED) is 0.786. The Morgan fingerprint density at radius 3 is 2.89 bits per heavy atom. The fourth-order valence-electron chi connectivity index (χ4n) is 1.88. The first-order chi connectivity index (χ1) is 8.29. The maximum Gasteiger partial charge on any atom is 0.129 e. The van der Waals surface area contributed by atoms with Gasteiger partial charge in [-0.25, -0.2) is 4.98 Å². The Morgan fingerprint density at radius 1 is 1.37 bits per heavy atom. The average molecular weight is 337 g/mol. The van der Waals surface area contributed by atoms with Gasteiger partial charge in [0.15, 0.2) is 0 Å². The molecular weight excluding hydrogens is 323 g/mol. The number of aromatic nitrogens is 1. The van der Waals surface area contributed by atoms with E-state index >= 15 is 0 Å². The predicted molar refractivity (Wildman–Crippen MR) is 88.8 cm³/mol. The highest BCUT2D eigenvalue weighted by Gasteiger charge is 2.12. The summed E-state index contributed by atoms with van der Waals surface area (Å²) in [4.78, 5) is 4.58. The highest BCUT2D eigenvalue weighted by atomic mass is 35.5. The Hall–Kier alpha value is -0.590. The third-order valence-corrected chi connectivity index (χ3v) is 4.38. The summed E-state index contributed by atoms with van der Waals surface area (Å²) < 4.78 is 8.10. The van der Waals surface area contributed by atoms with Crippen molar-refractivity contribution in [3.05, 3.63) is 22.5 Å². The van der Waals surface area contributed by atoms with Crippen molar-refractivity contribution in [2.75, 3.05) is 13.2 Å². The molecule has 1 aromatic carbocycles. The molecule has 2 aromatic heterocycles. The number of aryl methyl sites for hydroxylation is 1. The van der Waals surface area contributed by atoms with Crippen LogP contribution in [0.15, 0.2) is 17.5 Å². The molecule has 0 unspecified atom stereocenters. The van der Waals surface area contributed by atoms with Gasteiger partial charge in [0.1, 0.15) is 12.4 Å². The molecule has 0 radical (unpaired) electrons. The van der Waals surface area contributed by atoms with E-state index < -0.39 is 0 Å². The van der Waals surface area contributed by atoms with Crippen molar-refractivity contribution in [2.24, 2.45) is 5.73 Å². The predicted octanol–water partition coefficient (Wildman–Crippen LogP) is 4.00. The van der Waals surface area contributed by atoms with Crippen LogP contribution >= 0.6 is 47.5 Å². The average Bonchev–Trinajstić information content (AvgIpc) is 2.90. The summed E-state index contributed by atoms with van der Waals surface area (Å²) in [6.07, 6.45) is 0. The van der Waals surface area contributed by atoms with Crippen LogP contribution in [0, 0.1) is 6.92 Å². The number of ether oxygens (including phenoxy) is 1. The van der Waals surface area contributed by atoms with E-state index in [1.54, 1.807) is 22.7 Å². The summed E-state index contributed by atoms with van der Waals surface area (Å²) in [5, 5.41) is 4.31. The van der Waals surface area contributed by atoms with Crippen molar-refractivity contribution in [1.29, 1.82) is 0 Å².